The Morgan fingerprint density at radius 1 is 0.809 bits per heavy atom. The number of nitrogens with one attached hydrogen (secondary N) is 3. The SMILES string of the molecule is O=C1CCC(c2ccc(OCCCCCN3C[C@@H]4C[C@H]3CN4CC3CCN(c4cc5nccc(Oc6ccc(NC(=O)C7(C(=O)Nc8ccc(F)cc8)CC7)cc6)c5cc4O)CC3)cc2)C(=O)N1. The molecule has 2 bridgehead atoms. The van der Waals surface area contributed by atoms with Crippen molar-refractivity contribution in [2.24, 2.45) is 11.3 Å². The third kappa shape index (κ3) is 10.00. The third-order valence-electron chi connectivity index (χ3n) is 14.7. The Kier molecular flexibility index (Phi) is 13.0. The summed E-state index contributed by atoms with van der Waals surface area (Å²) in [5.41, 5.74) is 2.20. The number of amides is 4. The Morgan fingerprint density at radius 2 is 1.49 bits per heavy atom. The van der Waals surface area contributed by atoms with E-state index in [1.54, 1.807) is 42.6 Å². The van der Waals surface area contributed by atoms with Gasteiger partial charge in [0.05, 0.1) is 23.7 Å². The first kappa shape index (κ1) is 45.2. The summed E-state index contributed by atoms with van der Waals surface area (Å²) < 4.78 is 25.6. The lowest BCUT2D eigenvalue weighted by Crippen LogP contribution is -2.49. The maximum absolute atomic E-state index is 13.3. The average molecular weight is 924 g/mol. The van der Waals surface area contributed by atoms with Crippen molar-refractivity contribution >= 4 is 51.6 Å². The van der Waals surface area contributed by atoms with Gasteiger partial charge in [0.25, 0.3) is 0 Å². The molecule has 1 aromatic heterocycles. The summed E-state index contributed by atoms with van der Waals surface area (Å²) in [6.07, 6.45) is 10.1. The van der Waals surface area contributed by atoms with Crippen molar-refractivity contribution in [3.8, 4) is 23.0 Å². The highest BCUT2D eigenvalue weighted by atomic mass is 19.1. The number of hydrogen-bond donors (Lipinski definition) is 4. The molecule has 354 valence electrons. The minimum Gasteiger partial charge on any atom is -0.506 e. The van der Waals surface area contributed by atoms with Crippen LogP contribution in [0.25, 0.3) is 10.9 Å². The summed E-state index contributed by atoms with van der Waals surface area (Å²) in [5.74, 6) is 0.770. The number of aromatic hydroxyl groups is 1. The molecule has 5 aliphatic rings. The highest BCUT2D eigenvalue weighted by Gasteiger charge is 2.56. The molecule has 4 aromatic carbocycles. The van der Waals surface area contributed by atoms with Crippen LogP contribution in [0.15, 0.2) is 97.2 Å². The maximum Gasteiger partial charge on any atom is 0.240 e. The fourth-order valence-electron chi connectivity index (χ4n) is 10.5. The van der Waals surface area contributed by atoms with Crippen LogP contribution >= 0.6 is 0 Å². The predicted molar refractivity (Wildman–Crippen MR) is 256 cm³/mol. The number of likely N-dealkylation sites (tertiary alicyclic amines) is 2. The second kappa shape index (κ2) is 19.6. The Labute approximate surface area is 395 Å². The molecule has 5 heterocycles. The first-order chi connectivity index (χ1) is 33.1. The molecule has 1 saturated carbocycles. The molecule has 3 atom stereocenters. The average Bonchev–Trinajstić information content (AvgIpc) is 3.95. The molecule has 15 heteroatoms. The number of fused-ring (bicyclic) bond motifs is 3. The molecule has 68 heavy (non-hydrogen) atoms. The number of rotatable bonds is 17. The molecule has 0 radical (unpaired) electrons. The van der Waals surface area contributed by atoms with Gasteiger partial charge in [-0.2, -0.15) is 0 Å². The smallest absolute Gasteiger partial charge is 0.240 e. The summed E-state index contributed by atoms with van der Waals surface area (Å²) in [6.45, 7) is 6.96. The Morgan fingerprint density at radius 3 is 2.16 bits per heavy atom. The summed E-state index contributed by atoms with van der Waals surface area (Å²) in [7, 11) is 0. The normalized spacial score (nSPS) is 21.4. The monoisotopic (exact) mass is 923 g/mol. The summed E-state index contributed by atoms with van der Waals surface area (Å²) in [4.78, 5) is 62.2. The zero-order valence-corrected chi connectivity index (χ0v) is 38.1. The number of phenols is 1. The molecule has 4 N–H and O–H groups in total. The topological polar surface area (TPSA) is 166 Å². The predicted octanol–water partition coefficient (Wildman–Crippen LogP) is 7.97. The van der Waals surface area contributed by atoms with Gasteiger partial charge in [-0.25, -0.2) is 4.39 Å². The van der Waals surface area contributed by atoms with Crippen molar-refractivity contribution < 1.29 is 38.1 Å². The van der Waals surface area contributed by atoms with Crippen LogP contribution in [0.2, 0.25) is 0 Å². The molecule has 4 saturated heterocycles. The second-order valence-electron chi connectivity index (χ2n) is 19.2. The maximum atomic E-state index is 13.3. The molecule has 5 fully saturated rings. The van der Waals surface area contributed by atoms with Crippen LogP contribution in [0.4, 0.5) is 21.5 Å². The number of nitrogens with zero attached hydrogens (tertiary/aromatic N) is 4. The lowest BCUT2D eigenvalue weighted by atomic mass is 9.90. The van der Waals surface area contributed by atoms with Crippen LogP contribution < -0.4 is 30.3 Å². The van der Waals surface area contributed by atoms with Crippen molar-refractivity contribution in [1.29, 1.82) is 0 Å². The van der Waals surface area contributed by atoms with Gasteiger partial charge in [0, 0.05) is 74.2 Å². The van der Waals surface area contributed by atoms with Gasteiger partial charge in [-0.3, -0.25) is 39.3 Å². The van der Waals surface area contributed by atoms with Gasteiger partial charge in [-0.1, -0.05) is 12.1 Å². The lowest BCUT2D eigenvalue weighted by Gasteiger charge is -2.39. The molecule has 1 unspecified atom stereocenters. The van der Waals surface area contributed by atoms with Crippen LogP contribution in [0, 0.1) is 17.2 Å². The molecule has 1 aliphatic carbocycles. The zero-order chi connectivity index (χ0) is 46.8. The van der Waals surface area contributed by atoms with Gasteiger partial charge in [0.15, 0.2) is 0 Å². The summed E-state index contributed by atoms with van der Waals surface area (Å²) >= 11 is 0. The van der Waals surface area contributed by atoms with E-state index in [0.29, 0.717) is 78.6 Å². The van der Waals surface area contributed by atoms with E-state index in [1.807, 2.05) is 30.3 Å². The number of anilines is 3. The van der Waals surface area contributed by atoms with Crippen LogP contribution in [0.3, 0.4) is 0 Å². The molecule has 14 nitrogen and oxygen atoms in total. The number of phenolic OH excluding ortho intramolecular Hbond substituents is 1. The number of carbonyl (C=O) groups is 4. The number of imide groups is 1. The van der Waals surface area contributed by atoms with Crippen LogP contribution in [0.1, 0.15) is 75.7 Å². The van der Waals surface area contributed by atoms with E-state index in [1.165, 1.54) is 30.7 Å². The third-order valence-corrected chi connectivity index (χ3v) is 14.7. The van der Waals surface area contributed by atoms with Crippen molar-refractivity contribution in [1.82, 2.24) is 20.1 Å². The van der Waals surface area contributed by atoms with Crippen LogP contribution in [-0.4, -0.2) is 101 Å². The minimum absolute atomic E-state index is 0.187. The fraction of sp³-hybridized carbons (Fsp3) is 0.415. The van der Waals surface area contributed by atoms with Gasteiger partial charge in [0.2, 0.25) is 23.6 Å². The Hall–Kier alpha value is -6.58. The number of aromatic nitrogens is 1. The number of benzene rings is 4. The van der Waals surface area contributed by atoms with E-state index in [2.05, 4.69) is 35.6 Å². The molecular weight excluding hydrogens is 866 g/mol. The van der Waals surface area contributed by atoms with E-state index in [4.69, 9.17) is 9.47 Å². The van der Waals surface area contributed by atoms with Gasteiger partial charge in [0.1, 0.15) is 34.2 Å². The number of hydrogen-bond acceptors (Lipinski definition) is 11. The van der Waals surface area contributed by atoms with Crippen molar-refractivity contribution in [2.75, 3.05) is 61.4 Å². The molecule has 4 amide bonds. The number of unbranched alkanes of at least 4 members (excludes halogenated alkanes) is 2. The number of piperazine rings is 1. The molecule has 5 aromatic rings. The van der Waals surface area contributed by atoms with Crippen molar-refractivity contribution in [3.63, 3.8) is 0 Å². The van der Waals surface area contributed by atoms with E-state index in [9.17, 15) is 28.7 Å². The zero-order valence-electron chi connectivity index (χ0n) is 38.1. The highest BCUT2D eigenvalue weighted by molar-refractivity contribution is 6.17. The van der Waals surface area contributed by atoms with Crippen molar-refractivity contribution in [3.05, 3.63) is 109 Å². The van der Waals surface area contributed by atoms with Gasteiger partial charge in [-0.15, -0.1) is 0 Å². The van der Waals surface area contributed by atoms with Gasteiger partial charge >= 0.3 is 0 Å². The summed E-state index contributed by atoms with van der Waals surface area (Å²) in [6, 6.07) is 26.7. The Bertz CT molecular complexity index is 2650. The first-order valence-electron chi connectivity index (χ1n) is 24.1. The van der Waals surface area contributed by atoms with Gasteiger partial charge in [-0.05, 0) is 155 Å². The lowest BCUT2D eigenvalue weighted by molar-refractivity contribution is -0.134. The fourth-order valence-corrected chi connectivity index (χ4v) is 10.5. The molecule has 4 aliphatic heterocycles. The molecule has 10 rings (SSSR count). The van der Waals surface area contributed by atoms with Crippen LogP contribution in [-0.2, 0) is 19.2 Å². The number of pyridine rings is 1. The minimum atomic E-state index is -1.17. The standard InChI is InChI=1S/C53H58FN7O7/c54-36-6-8-37(9-7-36)56-51(65)53(21-22-53)52(66)57-38-10-14-42(15-11-38)68-48-18-23-55-45-30-46(47(62)29-44(45)48)59-25-19-34(20-26-59)31-61-33-39-28-40(61)32-60(39)24-2-1-3-27-67-41-12-4-35(5-13-41)43-16-17-49(63)58-50(43)64/h4-15,18,23,29-30,34,39-40,43,62H,1-3,16-17,19-22,24-28,31-33H2,(H,56,65)(H,57,66)(H,58,63,64)/t39-,40-,43?/m0/s1. The Balaban J connectivity index is 0.641. The van der Waals surface area contributed by atoms with E-state index in [-0.39, 0.29) is 23.5 Å². The molecule has 0 spiro atoms. The van der Waals surface area contributed by atoms with Crippen LogP contribution in [0.5, 0.6) is 23.0 Å². The van der Waals surface area contributed by atoms with Gasteiger partial charge < -0.3 is 30.1 Å². The van der Waals surface area contributed by atoms with E-state index in [0.717, 1.165) is 93.9 Å². The number of piperidine rings is 2. The largest absolute Gasteiger partial charge is 0.506 e. The van der Waals surface area contributed by atoms with Crippen molar-refractivity contribution in [2.45, 2.75) is 82.2 Å². The number of ether oxygens (including phenoxy) is 2. The highest BCUT2D eigenvalue weighted by Crippen LogP contribution is 2.48. The van der Waals surface area contributed by atoms with E-state index < -0.39 is 23.0 Å². The van der Waals surface area contributed by atoms with E-state index >= 15 is 0 Å². The quantitative estimate of drug-likeness (QED) is 0.0406. The molecular formula is C53H58FN7O7. The first-order valence-corrected chi connectivity index (χ1v) is 24.1. The number of halogens is 1. The summed E-state index contributed by atoms with van der Waals surface area (Å²) in [5, 5.41) is 20.0. The number of carbonyl (C=O) groups excluding carboxylic acids is 4. The second-order valence-corrected chi connectivity index (χ2v) is 19.2.